The van der Waals surface area contributed by atoms with Crippen LogP contribution in [0.4, 0.5) is 5.69 Å². The Morgan fingerprint density at radius 1 is 1.11 bits per heavy atom. The van der Waals surface area contributed by atoms with Gasteiger partial charge in [-0.2, -0.15) is 5.26 Å². The minimum atomic E-state index is -0.531. The highest BCUT2D eigenvalue weighted by atomic mass is 16.5. The maximum absolute atomic E-state index is 12.9. The van der Waals surface area contributed by atoms with Gasteiger partial charge < -0.3 is 15.0 Å². The van der Waals surface area contributed by atoms with E-state index in [-0.39, 0.29) is 17.2 Å². The maximum atomic E-state index is 12.9. The van der Waals surface area contributed by atoms with E-state index in [0.717, 1.165) is 74.3 Å². The second kappa shape index (κ2) is 9.01. The lowest BCUT2D eigenvalue weighted by Crippen LogP contribution is -2.48. The molecule has 7 heteroatoms. The van der Waals surface area contributed by atoms with Gasteiger partial charge in [-0.3, -0.25) is 14.5 Å². The Morgan fingerprint density at radius 2 is 1.83 bits per heavy atom. The molecule has 0 aromatic heterocycles. The smallest absolute Gasteiger partial charge is 0.235 e. The van der Waals surface area contributed by atoms with Gasteiger partial charge in [0.25, 0.3) is 0 Å². The summed E-state index contributed by atoms with van der Waals surface area (Å²) in [5.41, 5.74) is 2.57. The van der Waals surface area contributed by atoms with E-state index >= 15 is 0 Å². The molecule has 1 spiro atoms. The first-order chi connectivity index (χ1) is 16.9. The van der Waals surface area contributed by atoms with Crippen LogP contribution < -0.4 is 10.1 Å². The molecule has 0 atom stereocenters. The highest BCUT2D eigenvalue weighted by Crippen LogP contribution is 2.46. The van der Waals surface area contributed by atoms with Crippen LogP contribution in [0, 0.1) is 11.3 Å². The van der Waals surface area contributed by atoms with Crippen LogP contribution in [0.5, 0.6) is 5.75 Å². The van der Waals surface area contributed by atoms with Gasteiger partial charge in [-0.25, -0.2) is 0 Å². The molecule has 2 fully saturated rings. The van der Waals surface area contributed by atoms with Gasteiger partial charge in [0.2, 0.25) is 11.8 Å². The maximum Gasteiger partial charge on any atom is 0.235 e. The monoisotopic (exact) mass is 472 g/mol. The van der Waals surface area contributed by atoms with E-state index in [2.05, 4.69) is 16.3 Å². The summed E-state index contributed by atoms with van der Waals surface area (Å²) in [5, 5.41) is 12.3. The lowest BCUT2D eigenvalue weighted by Gasteiger charge is -2.42. The number of amides is 2. The lowest BCUT2D eigenvalue weighted by molar-refractivity contribution is -0.138. The Kier molecular flexibility index (Phi) is 6.02. The number of carbonyl (C=O) groups is 2. The van der Waals surface area contributed by atoms with Gasteiger partial charge in [0.1, 0.15) is 12.4 Å². The van der Waals surface area contributed by atoms with E-state index in [4.69, 9.17) is 4.74 Å². The molecule has 2 aromatic rings. The summed E-state index contributed by atoms with van der Waals surface area (Å²) in [7, 11) is 3.65. The van der Waals surface area contributed by atoms with E-state index in [1.807, 2.05) is 50.5 Å². The molecular weight excluding hydrogens is 440 g/mol. The van der Waals surface area contributed by atoms with E-state index in [9.17, 15) is 14.9 Å². The quantitative estimate of drug-likeness (QED) is 0.696. The number of anilines is 1. The molecule has 2 aliphatic heterocycles. The van der Waals surface area contributed by atoms with Gasteiger partial charge in [0, 0.05) is 26.3 Å². The number of carbonyl (C=O) groups excluding carboxylic acids is 2. The Labute approximate surface area is 206 Å². The summed E-state index contributed by atoms with van der Waals surface area (Å²) in [6, 6.07) is 15.7. The van der Waals surface area contributed by atoms with Crippen LogP contribution in [0.25, 0.3) is 0 Å². The molecule has 0 unspecified atom stereocenters. The van der Waals surface area contributed by atoms with E-state index in [1.54, 1.807) is 11.0 Å². The van der Waals surface area contributed by atoms with Crippen molar-refractivity contribution in [1.82, 2.24) is 9.80 Å². The Bertz CT molecular complexity index is 1170. The molecular formula is C28H32N4O3. The molecule has 1 aliphatic carbocycles. The second-order valence-corrected chi connectivity index (χ2v) is 10.3. The SMILES string of the molecule is CN(C)C(=O)C1(c2ccc(OCCN3CCC4(CC3)C(=O)Nc3ccc(C#N)cc34)cc2)CCC1. The molecule has 3 aliphatic rings. The molecule has 7 nitrogen and oxygen atoms in total. The number of likely N-dealkylation sites (N-methyl/N-ethyl adjacent to an activating group) is 1. The van der Waals surface area contributed by atoms with Crippen LogP contribution in [0.2, 0.25) is 0 Å². The Hall–Kier alpha value is -3.37. The van der Waals surface area contributed by atoms with Gasteiger partial charge in [0.05, 0.1) is 22.5 Å². The largest absolute Gasteiger partial charge is 0.492 e. The van der Waals surface area contributed by atoms with Crippen molar-refractivity contribution in [2.45, 2.75) is 42.9 Å². The van der Waals surface area contributed by atoms with Gasteiger partial charge in [-0.1, -0.05) is 18.6 Å². The number of hydrogen-bond donors (Lipinski definition) is 1. The summed E-state index contributed by atoms with van der Waals surface area (Å²) >= 11 is 0. The van der Waals surface area contributed by atoms with Crippen LogP contribution in [0.15, 0.2) is 42.5 Å². The molecule has 1 N–H and O–H groups in total. The normalized spacial score (nSPS) is 19.9. The Morgan fingerprint density at radius 3 is 2.43 bits per heavy atom. The first-order valence-corrected chi connectivity index (χ1v) is 12.4. The van der Waals surface area contributed by atoms with Crippen molar-refractivity contribution in [3.05, 3.63) is 59.2 Å². The summed E-state index contributed by atoms with van der Waals surface area (Å²) in [4.78, 5) is 29.6. The van der Waals surface area contributed by atoms with Crippen molar-refractivity contribution in [2.24, 2.45) is 0 Å². The average Bonchev–Trinajstić information content (AvgIpc) is 3.10. The number of benzene rings is 2. The third-order valence-corrected chi connectivity index (χ3v) is 8.16. The first kappa shape index (κ1) is 23.4. The first-order valence-electron chi connectivity index (χ1n) is 12.4. The second-order valence-electron chi connectivity index (χ2n) is 10.3. The van der Waals surface area contributed by atoms with Crippen LogP contribution in [0.1, 0.15) is 48.8 Å². The summed E-state index contributed by atoms with van der Waals surface area (Å²) in [5.74, 6) is 1.04. The number of nitriles is 1. The molecule has 5 rings (SSSR count). The number of hydrogen-bond acceptors (Lipinski definition) is 5. The third-order valence-electron chi connectivity index (χ3n) is 8.16. The molecule has 1 saturated carbocycles. The summed E-state index contributed by atoms with van der Waals surface area (Å²) in [6.07, 6.45) is 4.36. The molecule has 0 radical (unpaired) electrons. The number of nitrogens with one attached hydrogen (secondary N) is 1. The third kappa shape index (κ3) is 3.96. The molecule has 2 aromatic carbocycles. The van der Waals surface area contributed by atoms with Crippen molar-refractivity contribution < 1.29 is 14.3 Å². The number of nitrogens with zero attached hydrogens (tertiary/aromatic N) is 3. The zero-order valence-corrected chi connectivity index (χ0v) is 20.5. The molecule has 2 heterocycles. The highest BCUT2D eigenvalue weighted by molar-refractivity contribution is 6.06. The summed E-state index contributed by atoms with van der Waals surface area (Å²) in [6.45, 7) is 2.96. The van der Waals surface area contributed by atoms with Gasteiger partial charge in [-0.05, 0) is 80.2 Å². The Balaban J connectivity index is 1.15. The van der Waals surface area contributed by atoms with E-state index in [0.29, 0.717) is 12.2 Å². The van der Waals surface area contributed by atoms with Gasteiger partial charge in [-0.15, -0.1) is 0 Å². The van der Waals surface area contributed by atoms with Crippen molar-refractivity contribution in [2.75, 3.05) is 45.7 Å². The predicted molar refractivity (Wildman–Crippen MR) is 133 cm³/mol. The van der Waals surface area contributed by atoms with Gasteiger partial charge in [0.15, 0.2) is 0 Å². The average molecular weight is 473 g/mol. The molecule has 2 amide bonds. The standard InChI is InChI=1S/C28H32N4O3/c1-31(2)26(34)27(10-3-11-27)21-5-7-22(8-6-21)35-17-16-32-14-12-28(13-15-32)23-18-20(19-29)4-9-24(23)30-25(28)33/h4-9,18H,3,10-17H2,1-2H3,(H,30,33). The molecule has 1 saturated heterocycles. The predicted octanol–water partition coefficient (Wildman–Crippen LogP) is 3.43. The summed E-state index contributed by atoms with van der Waals surface area (Å²) < 4.78 is 6.01. The number of fused-ring (bicyclic) bond motifs is 2. The van der Waals surface area contributed by atoms with Crippen LogP contribution in [-0.2, 0) is 20.4 Å². The minimum Gasteiger partial charge on any atom is -0.492 e. The number of rotatable bonds is 6. The molecule has 0 bridgehead atoms. The van der Waals surface area contributed by atoms with Crippen LogP contribution in [0.3, 0.4) is 0 Å². The lowest BCUT2D eigenvalue weighted by atomic mass is 9.63. The topological polar surface area (TPSA) is 85.7 Å². The van der Waals surface area contributed by atoms with E-state index in [1.165, 1.54) is 0 Å². The zero-order chi connectivity index (χ0) is 24.6. The zero-order valence-electron chi connectivity index (χ0n) is 20.5. The van der Waals surface area contributed by atoms with Crippen molar-refractivity contribution in [3.63, 3.8) is 0 Å². The van der Waals surface area contributed by atoms with Gasteiger partial charge >= 0.3 is 0 Å². The van der Waals surface area contributed by atoms with Crippen molar-refractivity contribution >= 4 is 17.5 Å². The number of piperidine rings is 1. The van der Waals surface area contributed by atoms with Crippen molar-refractivity contribution in [3.8, 4) is 11.8 Å². The van der Waals surface area contributed by atoms with Crippen LogP contribution in [-0.4, -0.2) is 62.0 Å². The van der Waals surface area contributed by atoms with Crippen LogP contribution >= 0.6 is 0 Å². The van der Waals surface area contributed by atoms with E-state index < -0.39 is 5.41 Å². The molecule has 182 valence electrons. The number of ether oxygens (including phenoxy) is 1. The number of likely N-dealkylation sites (tertiary alicyclic amines) is 1. The fourth-order valence-corrected chi connectivity index (χ4v) is 5.88. The fraction of sp³-hybridized carbons (Fsp3) is 0.464. The van der Waals surface area contributed by atoms with Crippen molar-refractivity contribution in [1.29, 1.82) is 5.26 Å². The fourth-order valence-electron chi connectivity index (χ4n) is 5.88. The highest BCUT2D eigenvalue weighted by Gasteiger charge is 2.48. The minimum absolute atomic E-state index is 0.0514. The molecule has 35 heavy (non-hydrogen) atoms.